The first kappa shape index (κ1) is 20.8. The average Bonchev–Trinajstić information content (AvgIpc) is 2.92. The van der Waals surface area contributed by atoms with E-state index in [1.54, 1.807) is 7.11 Å². The van der Waals surface area contributed by atoms with Crippen LogP contribution >= 0.6 is 0 Å². The molecule has 1 aromatic heterocycles. The van der Waals surface area contributed by atoms with Gasteiger partial charge in [-0.25, -0.2) is 9.78 Å². The van der Waals surface area contributed by atoms with E-state index in [0.29, 0.717) is 18.7 Å². The van der Waals surface area contributed by atoms with Gasteiger partial charge in [-0.2, -0.15) is 6.92 Å². The monoisotopic (exact) mass is 552 g/mol. The summed E-state index contributed by atoms with van der Waals surface area (Å²) in [6.07, 6.45) is 2.47. The van der Waals surface area contributed by atoms with Crippen LogP contribution in [-0.4, -0.2) is 29.7 Å². The fraction of sp³-hybridized carbons (Fsp3) is 0.333. The summed E-state index contributed by atoms with van der Waals surface area (Å²) in [6, 6.07) is 5.84. The Morgan fingerprint density at radius 1 is 1.38 bits per heavy atom. The SMILES string of the molecule is [CH2-]Cc1c(C(=O)OC)nc(-c2ccc(OC)c(C)c2)n1C[CH-]C.[U+2]. The Hall–Kier alpha value is -1.25. The third kappa shape index (κ3) is 4.04. The molecule has 0 spiro atoms. The van der Waals surface area contributed by atoms with Crippen LogP contribution in [0.15, 0.2) is 18.2 Å². The number of hydrogen-bond donors (Lipinski definition) is 0. The molecule has 0 saturated carbocycles. The average molecular weight is 552 g/mol. The number of nitrogens with zero attached hydrogens (tertiary/aromatic N) is 2. The molecule has 0 aliphatic carbocycles. The molecule has 6 heteroatoms. The number of carbonyl (C=O) groups is 1. The molecule has 24 heavy (non-hydrogen) atoms. The van der Waals surface area contributed by atoms with Gasteiger partial charge in [0.1, 0.15) is 11.6 Å². The Bertz CT molecular complexity index is 711. The fourth-order valence-electron chi connectivity index (χ4n) is 2.62. The Morgan fingerprint density at radius 2 is 2.08 bits per heavy atom. The van der Waals surface area contributed by atoms with Crippen molar-refractivity contribution >= 4 is 5.97 Å². The van der Waals surface area contributed by atoms with Gasteiger partial charge in [-0.3, -0.25) is 0 Å². The first-order valence-corrected chi connectivity index (χ1v) is 7.47. The topological polar surface area (TPSA) is 53.4 Å². The van der Waals surface area contributed by atoms with Crippen LogP contribution < -0.4 is 4.74 Å². The van der Waals surface area contributed by atoms with Crippen molar-refractivity contribution in [1.82, 2.24) is 9.55 Å². The molecule has 2 aromatic rings. The molecule has 0 unspecified atom stereocenters. The maximum atomic E-state index is 12.0. The van der Waals surface area contributed by atoms with Crippen LogP contribution in [0.3, 0.4) is 0 Å². The first-order chi connectivity index (χ1) is 11.1. The van der Waals surface area contributed by atoms with Crippen molar-refractivity contribution < 1.29 is 45.4 Å². The van der Waals surface area contributed by atoms with E-state index in [1.165, 1.54) is 7.11 Å². The Labute approximate surface area is 167 Å². The number of aryl methyl sites for hydroxylation is 1. The smallest absolute Gasteiger partial charge is 0.496 e. The van der Waals surface area contributed by atoms with Gasteiger partial charge >= 0.3 is 37.1 Å². The van der Waals surface area contributed by atoms with Crippen molar-refractivity contribution in [3.63, 3.8) is 0 Å². The molecule has 0 fully saturated rings. The van der Waals surface area contributed by atoms with Gasteiger partial charge in [-0.05, 0) is 30.7 Å². The fourth-order valence-corrected chi connectivity index (χ4v) is 2.62. The number of carbonyl (C=O) groups excluding carboxylic acids is 1. The normalized spacial score (nSPS) is 10.2. The van der Waals surface area contributed by atoms with Gasteiger partial charge in [0.05, 0.1) is 14.2 Å². The van der Waals surface area contributed by atoms with Crippen molar-refractivity contribution in [3.05, 3.63) is 48.5 Å². The van der Waals surface area contributed by atoms with Crippen LogP contribution in [0.5, 0.6) is 5.75 Å². The number of imidazole rings is 1. The maximum Gasteiger partial charge on any atom is 2.00 e. The van der Waals surface area contributed by atoms with Crippen LogP contribution in [0.1, 0.15) is 28.7 Å². The minimum Gasteiger partial charge on any atom is -0.496 e. The molecular formula is C18H22N2O3U. The number of benzene rings is 1. The summed E-state index contributed by atoms with van der Waals surface area (Å²) in [5, 5.41) is 0. The van der Waals surface area contributed by atoms with Crippen LogP contribution in [-0.2, 0) is 17.7 Å². The zero-order valence-electron chi connectivity index (χ0n) is 14.5. The Kier molecular flexibility index (Phi) is 8.05. The predicted octanol–water partition coefficient (Wildman–Crippen LogP) is 3.25. The van der Waals surface area contributed by atoms with Crippen molar-refractivity contribution in [2.75, 3.05) is 14.2 Å². The standard InChI is InChI=1S/C18H22N2O3.U/c1-6-10-20-14(7-2)16(18(21)23-5)19-17(20)13-8-9-15(22-4)12(3)11-13;/h6,8-9,11H,2,7,10H2,1,3-5H3;/q-2;+2. The minimum atomic E-state index is -0.440. The molecule has 0 aliphatic rings. The van der Waals surface area contributed by atoms with Crippen molar-refractivity contribution in [2.24, 2.45) is 0 Å². The second-order valence-electron chi connectivity index (χ2n) is 5.18. The molecular weight excluding hydrogens is 530 g/mol. The van der Waals surface area contributed by atoms with E-state index >= 15 is 0 Å². The van der Waals surface area contributed by atoms with Crippen molar-refractivity contribution in [3.8, 4) is 17.1 Å². The molecule has 0 radical (unpaired) electrons. The zero-order chi connectivity index (χ0) is 17.0. The molecule has 2 rings (SSSR count). The van der Waals surface area contributed by atoms with Crippen LogP contribution in [0.25, 0.3) is 11.4 Å². The minimum absolute atomic E-state index is 0. The summed E-state index contributed by atoms with van der Waals surface area (Å²) in [4.78, 5) is 16.5. The van der Waals surface area contributed by atoms with Crippen LogP contribution in [0.4, 0.5) is 0 Å². The second kappa shape index (κ2) is 9.29. The number of aromatic nitrogens is 2. The molecule has 1 aromatic carbocycles. The van der Waals surface area contributed by atoms with Crippen molar-refractivity contribution in [2.45, 2.75) is 26.8 Å². The third-order valence-corrected chi connectivity index (χ3v) is 3.71. The predicted molar refractivity (Wildman–Crippen MR) is 89.3 cm³/mol. The molecule has 126 valence electrons. The summed E-state index contributed by atoms with van der Waals surface area (Å²) >= 11 is 0. The molecule has 0 bridgehead atoms. The van der Waals surface area contributed by atoms with Gasteiger partial charge in [0.2, 0.25) is 0 Å². The number of methoxy groups -OCH3 is 2. The van der Waals surface area contributed by atoms with E-state index in [0.717, 1.165) is 28.4 Å². The number of esters is 1. The van der Waals surface area contributed by atoms with E-state index < -0.39 is 5.97 Å². The van der Waals surface area contributed by atoms with E-state index in [9.17, 15) is 4.79 Å². The maximum absolute atomic E-state index is 12.0. The first-order valence-electron chi connectivity index (χ1n) is 7.47. The zero-order valence-corrected chi connectivity index (χ0v) is 18.7. The molecule has 0 amide bonds. The quantitative estimate of drug-likeness (QED) is 0.408. The number of rotatable bonds is 6. The summed E-state index contributed by atoms with van der Waals surface area (Å²) in [6.45, 7) is 8.52. The molecule has 0 aliphatic heterocycles. The van der Waals surface area contributed by atoms with Gasteiger partial charge < -0.3 is 27.4 Å². The van der Waals surface area contributed by atoms with Crippen molar-refractivity contribution in [1.29, 1.82) is 0 Å². The molecule has 0 N–H and O–H groups in total. The van der Waals surface area contributed by atoms with E-state index in [1.807, 2.05) is 43.0 Å². The summed E-state index contributed by atoms with van der Waals surface area (Å²) in [5.41, 5.74) is 3.04. The van der Waals surface area contributed by atoms with E-state index in [-0.39, 0.29) is 31.1 Å². The Morgan fingerprint density at radius 3 is 2.58 bits per heavy atom. The summed E-state index contributed by atoms with van der Waals surface area (Å²) < 4.78 is 12.2. The van der Waals surface area contributed by atoms with E-state index in [4.69, 9.17) is 9.47 Å². The largest absolute Gasteiger partial charge is 2.00 e. The molecule has 1 heterocycles. The van der Waals surface area contributed by atoms with Crippen LogP contribution in [0.2, 0.25) is 0 Å². The number of hydrogen-bond acceptors (Lipinski definition) is 4. The molecule has 0 saturated heterocycles. The summed E-state index contributed by atoms with van der Waals surface area (Å²) in [5.74, 6) is 1.11. The third-order valence-electron chi connectivity index (χ3n) is 3.71. The molecule has 0 atom stereocenters. The van der Waals surface area contributed by atoms with Gasteiger partial charge in [0.25, 0.3) is 0 Å². The van der Waals surface area contributed by atoms with Gasteiger partial charge in [0.15, 0.2) is 5.69 Å². The van der Waals surface area contributed by atoms with Gasteiger partial charge in [0, 0.05) is 11.3 Å². The number of ether oxygens (including phenoxy) is 2. The Balaban J connectivity index is 0.00000288. The van der Waals surface area contributed by atoms with Gasteiger partial charge in [-0.1, -0.05) is 6.54 Å². The summed E-state index contributed by atoms with van der Waals surface area (Å²) in [7, 11) is 3.00. The van der Waals surface area contributed by atoms with E-state index in [2.05, 4.69) is 11.9 Å². The second-order valence-corrected chi connectivity index (χ2v) is 5.18. The van der Waals surface area contributed by atoms with Gasteiger partial charge in [-0.15, -0.1) is 6.42 Å². The molecule has 5 nitrogen and oxygen atoms in total. The van der Waals surface area contributed by atoms with Crippen LogP contribution in [0, 0.1) is 51.4 Å².